The largest absolute Gasteiger partial charge is 0.497 e. The van der Waals surface area contributed by atoms with Crippen LogP contribution in [0.4, 0.5) is 5.69 Å². The van der Waals surface area contributed by atoms with Gasteiger partial charge in [-0.05, 0) is 99.2 Å². The van der Waals surface area contributed by atoms with Crippen LogP contribution in [-0.2, 0) is 32.9 Å². The van der Waals surface area contributed by atoms with E-state index in [-0.39, 0.29) is 53.7 Å². The number of aliphatic hydroxyl groups is 1. The Morgan fingerprint density at radius 1 is 0.950 bits per heavy atom. The van der Waals surface area contributed by atoms with Crippen LogP contribution < -0.4 is 25.1 Å². The molecule has 0 unspecified atom stereocenters. The quantitative estimate of drug-likeness (QED) is 0.110. The van der Waals surface area contributed by atoms with Gasteiger partial charge in [0.2, 0.25) is 5.91 Å². The van der Waals surface area contributed by atoms with Crippen molar-refractivity contribution in [3.8, 4) is 17.2 Å². The molecular weight excluding hydrogens is 771 g/mol. The van der Waals surface area contributed by atoms with Crippen LogP contribution in [0.5, 0.6) is 11.5 Å². The van der Waals surface area contributed by atoms with Gasteiger partial charge in [0.05, 0.1) is 53.2 Å². The number of hydrogen-bond donors (Lipinski definition) is 1. The maximum Gasteiger partial charge on any atom is 0.297 e. The van der Waals surface area contributed by atoms with Gasteiger partial charge in [0.15, 0.2) is 11.4 Å². The van der Waals surface area contributed by atoms with Crippen molar-refractivity contribution in [2.24, 2.45) is 5.92 Å². The van der Waals surface area contributed by atoms with Crippen molar-refractivity contribution >= 4 is 30.8 Å². The molecule has 5 atom stereocenters. The zero-order valence-electron chi connectivity index (χ0n) is 36.2. The van der Waals surface area contributed by atoms with Crippen LogP contribution >= 0.6 is 0 Å². The molecule has 60 heavy (non-hydrogen) atoms. The lowest BCUT2D eigenvalue weighted by Crippen LogP contribution is -2.52. The van der Waals surface area contributed by atoms with Crippen molar-refractivity contribution in [3.05, 3.63) is 135 Å². The summed E-state index contributed by atoms with van der Waals surface area (Å²) in [6.07, 6.45) is 7.81. The number of aliphatic hydroxyl groups excluding tert-OH is 1. The molecule has 1 aromatic heterocycles. The molecule has 4 heterocycles. The van der Waals surface area contributed by atoms with Crippen molar-refractivity contribution in [2.45, 2.75) is 96.3 Å². The van der Waals surface area contributed by atoms with Gasteiger partial charge in [-0.25, -0.2) is 0 Å². The van der Waals surface area contributed by atoms with E-state index in [0.29, 0.717) is 30.8 Å². The summed E-state index contributed by atoms with van der Waals surface area (Å²) in [7, 11) is 0.528. The second-order valence-corrected chi connectivity index (χ2v) is 22.1. The van der Waals surface area contributed by atoms with Gasteiger partial charge in [-0.2, -0.15) is 0 Å². The molecule has 0 radical (unpaired) electrons. The molecule has 3 aliphatic rings. The number of ether oxygens (including phenoxy) is 3. The fourth-order valence-electron chi connectivity index (χ4n) is 9.94. The van der Waals surface area contributed by atoms with E-state index in [1.54, 1.807) is 30.3 Å². The van der Waals surface area contributed by atoms with E-state index in [1.807, 2.05) is 53.4 Å². The van der Waals surface area contributed by atoms with Gasteiger partial charge in [0.1, 0.15) is 5.75 Å². The van der Waals surface area contributed by atoms with E-state index in [2.05, 4.69) is 71.1 Å². The Morgan fingerprint density at radius 3 is 2.37 bits per heavy atom. The average molecular weight is 830 g/mol. The molecule has 316 valence electrons. The molecule has 2 amide bonds. The number of allylic oxidation sites excluding steroid dienone is 3. The lowest BCUT2D eigenvalue weighted by Gasteiger charge is -2.39. The van der Waals surface area contributed by atoms with Crippen molar-refractivity contribution < 1.29 is 28.9 Å². The number of nitrogens with zero attached hydrogens (tertiary/aromatic N) is 3. The highest BCUT2D eigenvalue weighted by molar-refractivity contribution is 6.91. The summed E-state index contributed by atoms with van der Waals surface area (Å²) in [5.41, 5.74) is 4.68. The van der Waals surface area contributed by atoms with Gasteiger partial charge < -0.3 is 29.1 Å². The number of amides is 2. The molecule has 4 aromatic rings. The van der Waals surface area contributed by atoms with E-state index in [4.69, 9.17) is 14.2 Å². The minimum atomic E-state index is -2.59. The summed E-state index contributed by atoms with van der Waals surface area (Å²) in [4.78, 5) is 47.5. The van der Waals surface area contributed by atoms with E-state index >= 15 is 4.79 Å². The highest BCUT2D eigenvalue weighted by atomic mass is 28.3. The Labute approximate surface area is 355 Å². The van der Waals surface area contributed by atoms with Gasteiger partial charge >= 0.3 is 0 Å². The van der Waals surface area contributed by atoms with Gasteiger partial charge in [-0.15, -0.1) is 0 Å². The summed E-state index contributed by atoms with van der Waals surface area (Å²) >= 11 is 0. The number of carbonyl (C=O) groups excluding carboxylic acids is 2. The number of rotatable bonds is 13. The maximum atomic E-state index is 15.5. The van der Waals surface area contributed by atoms with Gasteiger partial charge in [0.25, 0.3) is 11.5 Å². The molecule has 11 heteroatoms. The summed E-state index contributed by atoms with van der Waals surface area (Å²) in [6, 6.07) is 25.0. The molecule has 3 aliphatic heterocycles. The average Bonchev–Trinajstić information content (AvgIpc) is 3.67. The molecule has 0 saturated carbocycles. The number of carbonyl (C=O) groups is 2. The first kappa shape index (κ1) is 42.9. The second kappa shape index (κ2) is 17.4. The van der Waals surface area contributed by atoms with Crippen molar-refractivity contribution in [3.63, 3.8) is 0 Å². The van der Waals surface area contributed by atoms with E-state index in [9.17, 15) is 14.7 Å². The molecule has 1 fully saturated rings. The predicted molar refractivity (Wildman–Crippen MR) is 239 cm³/mol. The number of methoxy groups -OCH3 is 2. The smallest absolute Gasteiger partial charge is 0.297 e. The van der Waals surface area contributed by atoms with Crippen LogP contribution in [0.15, 0.2) is 113 Å². The molecule has 10 nitrogen and oxygen atoms in total. The maximum absolute atomic E-state index is 15.5. The molecule has 0 bridgehead atoms. The van der Waals surface area contributed by atoms with Crippen LogP contribution in [-0.4, -0.2) is 74.0 Å². The van der Waals surface area contributed by atoms with E-state index in [0.717, 1.165) is 40.6 Å². The number of anilines is 1. The Morgan fingerprint density at radius 2 is 1.68 bits per heavy atom. The minimum Gasteiger partial charge on any atom is -0.497 e. The third kappa shape index (κ3) is 7.79. The van der Waals surface area contributed by atoms with Crippen LogP contribution in [0.25, 0.3) is 5.69 Å². The van der Waals surface area contributed by atoms with Crippen LogP contribution in [0.2, 0.25) is 18.6 Å². The Balaban J connectivity index is 1.35. The van der Waals surface area contributed by atoms with Crippen LogP contribution in [0.1, 0.15) is 63.6 Å². The monoisotopic (exact) mass is 829 g/mol. The first-order valence-corrected chi connectivity index (χ1v) is 24.1. The number of benzene rings is 3. The molecule has 0 aliphatic carbocycles. The third-order valence-electron chi connectivity index (χ3n) is 13.2. The van der Waals surface area contributed by atoms with Gasteiger partial charge in [0, 0.05) is 36.5 Å². The fraction of sp³-hybridized carbons (Fsp3) is 0.408. The van der Waals surface area contributed by atoms with Crippen molar-refractivity contribution in [2.75, 3.05) is 32.3 Å². The summed E-state index contributed by atoms with van der Waals surface area (Å²) in [6.45, 7) is 13.6. The zero-order chi connectivity index (χ0) is 42.9. The highest BCUT2D eigenvalue weighted by Gasteiger charge is 2.66. The van der Waals surface area contributed by atoms with E-state index in [1.165, 1.54) is 22.8 Å². The lowest BCUT2D eigenvalue weighted by molar-refractivity contribution is -0.150. The first-order chi connectivity index (χ1) is 28.7. The fourth-order valence-corrected chi connectivity index (χ4v) is 13.9. The molecule has 1 N–H and O–H groups in total. The summed E-state index contributed by atoms with van der Waals surface area (Å²) in [5.74, 6) is 0.301. The molecule has 7 rings (SSSR count). The summed E-state index contributed by atoms with van der Waals surface area (Å²) < 4.78 is 19.8. The van der Waals surface area contributed by atoms with Crippen LogP contribution in [0, 0.1) is 5.92 Å². The number of fused-ring (bicyclic) bond motifs is 3. The third-order valence-corrected chi connectivity index (χ3v) is 17.6. The predicted octanol–water partition coefficient (Wildman–Crippen LogP) is 7.45. The highest BCUT2D eigenvalue weighted by Crippen LogP contribution is 2.60. The molecular formula is C49H59N3O7Si. The lowest BCUT2D eigenvalue weighted by atomic mass is 9.82. The number of pyridine rings is 1. The van der Waals surface area contributed by atoms with E-state index < -0.39 is 19.8 Å². The number of aromatic nitrogens is 1. The first-order valence-electron chi connectivity index (χ1n) is 21.1. The Hall–Kier alpha value is -5.23. The normalized spacial score (nSPS) is 22.5. The Bertz CT molecular complexity index is 2360. The molecule has 1 saturated heterocycles. The van der Waals surface area contributed by atoms with Gasteiger partial charge in [-0.1, -0.05) is 84.9 Å². The second-order valence-electron chi connectivity index (χ2n) is 17.4. The standard InChI is InChI=1S/C49H59N3O7Si/c1-32(2)13-11-14-33(3)24-26-51-42-23-18-37(50-25-12-17-43(58-6)47(50)55)28-41(42)49(48(51)56)34(4)46(60(7,8)40-21-19-39(57-5)20-22-40)44(59-49)29-45(54)52-30-36-16-10-9-15-35(36)27-38(52)31-53/h9-10,12-13,15-25,28,34,38,44,46,53H,11,14,26-27,29-31H2,1-8H3/b33-24+/t34-,38-,44+,46-,49+/m0/s1. The minimum absolute atomic E-state index is 0.0447. The SMILES string of the molecule is COc1ccc([Si](C)(C)[C@@H]2[C@@H](CC(=O)N3Cc4ccccc4C[C@H]3CO)O[C@]3(C(=O)N(C/C=C(\C)CCC=C(C)C)c4ccc(-n5cccc(OC)c5=O)cc43)[C@H]2C)cc1. The molecule has 1 spiro atoms. The van der Waals surface area contributed by atoms with Gasteiger partial charge in [-0.3, -0.25) is 19.0 Å². The number of hydrogen-bond acceptors (Lipinski definition) is 7. The topological polar surface area (TPSA) is 111 Å². The summed E-state index contributed by atoms with van der Waals surface area (Å²) in [5, 5.41) is 11.7. The van der Waals surface area contributed by atoms with Crippen molar-refractivity contribution in [1.29, 1.82) is 0 Å². The Kier molecular flexibility index (Phi) is 12.4. The van der Waals surface area contributed by atoms with Crippen LogP contribution in [0.3, 0.4) is 0 Å². The zero-order valence-corrected chi connectivity index (χ0v) is 37.2. The molecule has 3 aromatic carbocycles. The van der Waals surface area contributed by atoms with Crippen molar-refractivity contribution in [1.82, 2.24) is 9.47 Å².